The predicted octanol–water partition coefficient (Wildman–Crippen LogP) is 3.02. The summed E-state index contributed by atoms with van der Waals surface area (Å²) < 4.78 is 5.27. The lowest BCUT2D eigenvalue weighted by atomic mass is 9.85. The molecular weight excluding hydrogens is 266 g/mol. The molecule has 21 heavy (non-hydrogen) atoms. The van der Waals surface area contributed by atoms with Crippen LogP contribution in [-0.4, -0.2) is 36.7 Å². The molecule has 0 aliphatic heterocycles. The van der Waals surface area contributed by atoms with Gasteiger partial charge >= 0.3 is 5.97 Å². The summed E-state index contributed by atoms with van der Waals surface area (Å²) >= 11 is 0. The number of rotatable bonds is 7. The Hall–Kier alpha value is -1.81. The second-order valence-corrected chi connectivity index (χ2v) is 5.74. The van der Waals surface area contributed by atoms with Crippen molar-refractivity contribution in [2.24, 2.45) is 5.92 Å². The van der Waals surface area contributed by atoms with Gasteiger partial charge in [-0.25, -0.2) is 4.79 Å². The zero-order valence-corrected chi connectivity index (χ0v) is 12.7. The first kappa shape index (κ1) is 15.6. The number of methoxy groups -OCH3 is 1. The number of carbonyl (C=O) groups is 1. The molecule has 1 aliphatic carbocycles. The van der Waals surface area contributed by atoms with E-state index in [9.17, 15) is 4.79 Å². The van der Waals surface area contributed by atoms with E-state index in [-0.39, 0.29) is 0 Å². The Bertz CT molecular complexity index is 521. The van der Waals surface area contributed by atoms with Crippen LogP contribution in [0.3, 0.4) is 0 Å². The van der Waals surface area contributed by atoms with Gasteiger partial charge in [-0.05, 0) is 49.6 Å². The van der Waals surface area contributed by atoms with Crippen LogP contribution in [-0.2, 0) is 11.3 Å². The average Bonchev–Trinajstić information content (AvgIpc) is 2.41. The normalized spacial score (nSPS) is 15.4. The number of carboxylic acids is 1. The SMILES string of the molecule is COc1ccc(CN(C)CC2CCC2)cc1C=CC(=O)O. The molecule has 1 N–H and O–H groups in total. The molecule has 2 rings (SSSR count). The number of nitrogens with zero attached hydrogens (tertiary/aromatic N) is 1. The Kier molecular flexibility index (Phi) is 5.39. The molecule has 4 heteroatoms. The van der Waals surface area contributed by atoms with E-state index in [1.54, 1.807) is 13.2 Å². The lowest BCUT2D eigenvalue weighted by Gasteiger charge is -2.30. The predicted molar refractivity (Wildman–Crippen MR) is 83.3 cm³/mol. The molecule has 0 radical (unpaired) electrons. The third-order valence-electron chi connectivity index (χ3n) is 3.95. The number of carboxylic acid groups (broad SMARTS) is 1. The molecule has 114 valence electrons. The van der Waals surface area contributed by atoms with Crippen LogP contribution < -0.4 is 4.74 Å². The highest BCUT2D eigenvalue weighted by molar-refractivity contribution is 5.85. The van der Waals surface area contributed by atoms with Crippen LogP contribution in [0.4, 0.5) is 0 Å². The maximum atomic E-state index is 10.7. The first-order valence-electron chi connectivity index (χ1n) is 7.35. The molecule has 4 nitrogen and oxygen atoms in total. The van der Waals surface area contributed by atoms with E-state index in [0.717, 1.165) is 30.6 Å². The van der Waals surface area contributed by atoms with Gasteiger partial charge in [0, 0.05) is 24.7 Å². The van der Waals surface area contributed by atoms with Crippen molar-refractivity contribution in [2.75, 3.05) is 20.7 Å². The molecular formula is C17H23NO3. The molecule has 0 saturated heterocycles. The summed E-state index contributed by atoms with van der Waals surface area (Å²) in [4.78, 5) is 13.0. The minimum absolute atomic E-state index is 0.692. The van der Waals surface area contributed by atoms with Gasteiger partial charge in [-0.3, -0.25) is 0 Å². The van der Waals surface area contributed by atoms with Crippen LogP contribution in [0.25, 0.3) is 6.08 Å². The van der Waals surface area contributed by atoms with E-state index in [1.165, 1.54) is 24.8 Å². The average molecular weight is 289 g/mol. The van der Waals surface area contributed by atoms with Crippen molar-refractivity contribution in [2.45, 2.75) is 25.8 Å². The second kappa shape index (κ2) is 7.27. The molecule has 0 aromatic heterocycles. The molecule has 0 heterocycles. The number of ether oxygens (including phenoxy) is 1. The van der Waals surface area contributed by atoms with Gasteiger partial charge in [0.2, 0.25) is 0 Å². The van der Waals surface area contributed by atoms with Crippen LogP contribution in [0.15, 0.2) is 24.3 Å². The standard InChI is InChI=1S/C17H23NO3/c1-18(11-13-4-3-5-13)12-14-6-8-16(21-2)15(10-14)7-9-17(19)20/h6-10,13H,3-5,11-12H2,1-2H3,(H,19,20). The molecule has 1 aromatic rings. The summed E-state index contributed by atoms with van der Waals surface area (Å²) in [5, 5.41) is 8.75. The van der Waals surface area contributed by atoms with Crippen molar-refractivity contribution >= 4 is 12.0 Å². The fourth-order valence-electron chi connectivity index (χ4n) is 2.67. The molecule has 0 amide bonds. The summed E-state index contributed by atoms with van der Waals surface area (Å²) in [6.45, 7) is 2.00. The highest BCUT2D eigenvalue weighted by Crippen LogP contribution is 2.27. The van der Waals surface area contributed by atoms with Crippen LogP contribution in [0.2, 0.25) is 0 Å². The fraction of sp³-hybridized carbons (Fsp3) is 0.471. The van der Waals surface area contributed by atoms with Gasteiger partial charge in [0.15, 0.2) is 0 Å². The van der Waals surface area contributed by atoms with E-state index in [2.05, 4.69) is 11.9 Å². The lowest BCUT2D eigenvalue weighted by molar-refractivity contribution is -0.131. The van der Waals surface area contributed by atoms with Crippen molar-refractivity contribution < 1.29 is 14.6 Å². The molecule has 0 bridgehead atoms. The fourth-order valence-corrected chi connectivity index (χ4v) is 2.67. The number of hydrogen-bond donors (Lipinski definition) is 1. The molecule has 0 unspecified atom stereocenters. The zero-order chi connectivity index (χ0) is 15.2. The topological polar surface area (TPSA) is 49.8 Å². The van der Waals surface area contributed by atoms with Crippen LogP contribution in [0.1, 0.15) is 30.4 Å². The highest BCUT2D eigenvalue weighted by atomic mass is 16.5. The molecule has 1 aliphatic rings. The monoisotopic (exact) mass is 289 g/mol. The number of aliphatic carboxylic acids is 1. The van der Waals surface area contributed by atoms with E-state index in [4.69, 9.17) is 9.84 Å². The maximum absolute atomic E-state index is 10.7. The summed E-state index contributed by atoms with van der Waals surface area (Å²) in [7, 11) is 3.73. The van der Waals surface area contributed by atoms with Crippen molar-refractivity contribution in [3.8, 4) is 5.75 Å². The van der Waals surface area contributed by atoms with E-state index >= 15 is 0 Å². The molecule has 0 spiro atoms. The molecule has 1 saturated carbocycles. The smallest absolute Gasteiger partial charge is 0.328 e. The quantitative estimate of drug-likeness (QED) is 0.784. The second-order valence-electron chi connectivity index (χ2n) is 5.74. The Balaban J connectivity index is 2.05. The maximum Gasteiger partial charge on any atom is 0.328 e. The van der Waals surface area contributed by atoms with E-state index in [0.29, 0.717) is 5.75 Å². The molecule has 0 atom stereocenters. The summed E-state index contributed by atoms with van der Waals surface area (Å²) in [5.74, 6) is 0.585. The third-order valence-corrected chi connectivity index (χ3v) is 3.95. The largest absolute Gasteiger partial charge is 0.496 e. The van der Waals surface area contributed by atoms with Crippen LogP contribution in [0, 0.1) is 5.92 Å². The van der Waals surface area contributed by atoms with Crippen LogP contribution >= 0.6 is 0 Å². The Morgan fingerprint density at radius 1 is 1.48 bits per heavy atom. The van der Waals surface area contributed by atoms with Gasteiger partial charge in [0.05, 0.1) is 7.11 Å². The zero-order valence-electron chi connectivity index (χ0n) is 12.7. The molecule has 1 fully saturated rings. The minimum Gasteiger partial charge on any atom is -0.496 e. The summed E-state index contributed by atoms with van der Waals surface area (Å²) in [6.07, 6.45) is 6.78. The summed E-state index contributed by atoms with van der Waals surface area (Å²) in [6, 6.07) is 5.93. The van der Waals surface area contributed by atoms with Crippen molar-refractivity contribution in [3.63, 3.8) is 0 Å². The minimum atomic E-state index is -0.954. The Morgan fingerprint density at radius 3 is 2.81 bits per heavy atom. The van der Waals surface area contributed by atoms with Gasteiger partial charge in [-0.15, -0.1) is 0 Å². The Morgan fingerprint density at radius 2 is 2.24 bits per heavy atom. The highest BCUT2D eigenvalue weighted by Gasteiger charge is 2.19. The van der Waals surface area contributed by atoms with Gasteiger partial charge in [0.1, 0.15) is 5.75 Å². The van der Waals surface area contributed by atoms with E-state index in [1.807, 2.05) is 18.2 Å². The van der Waals surface area contributed by atoms with Gasteiger partial charge in [0.25, 0.3) is 0 Å². The van der Waals surface area contributed by atoms with Crippen molar-refractivity contribution in [1.82, 2.24) is 4.90 Å². The van der Waals surface area contributed by atoms with Crippen molar-refractivity contribution in [3.05, 3.63) is 35.4 Å². The van der Waals surface area contributed by atoms with Crippen molar-refractivity contribution in [1.29, 1.82) is 0 Å². The third kappa shape index (κ3) is 4.60. The van der Waals surface area contributed by atoms with Gasteiger partial charge in [-0.2, -0.15) is 0 Å². The van der Waals surface area contributed by atoms with Crippen LogP contribution in [0.5, 0.6) is 5.75 Å². The molecule has 1 aromatic carbocycles. The van der Waals surface area contributed by atoms with Gasteiger partial charge < -0.3 is 14.7 Å². The number of hydrogen-bond acceptors (Lipinski definition) is 3. The first-order chi connectivity index (χ1) is 10.1. The number of benzene rings is 1. The van der Waals surface area contributed by atoms with Gasteiger partial charge in [-0.1, -0.05) is 12.5 Å². The van der Waals surface area contributed by atoms with E-state index < -0.39 is 5.97 Å². The lowest BCUT2D eigenvalue weighted by Crippen LogP contribution is -2.29. The Labute approximate surface area is 126 Å². The summed E-state index contributed by atoms with van der Waals surface area (Å²) in [5.41, 5.74) is 1.97. The first-order valence-corrected chi connectivity index (χ1v) is 7.35.